The van der Waals surface area contributed by atoms with Gasteiger partial charge in [0.15, 0.2) is 0 Å². The van der Waals surface area contributed by atoms with Crippen LogP contribution in [-0.2, 0) is 16.2 Å². The molecule has 3 aromatic rings. The van der Waals surface area contributed by atoms with Crippen LogP contribution in [0.3, 0.4) is 0 Å². The number of nitrogens with one attached hydrogen (secondary N) is 1. The summed E-state index contributed by atoms with van der Waals surface area (Å²) in [6, 6.07) is 15.0. The number of amides is 1. The first-order valence-electron chi connectivity index (χ1n) is 10.2. The number of nitrogens with zero attached hydrogens (tertiary/aromatic N) is 1. The van der Waals surface area contributed by atoms with Gasteiger partial charge in [0, 0.05) is 29.6 Å². The lowest BCUT2D eigenvalue weighted by Crippen LogP contribution is -2.34. The Morgan fingerprint density at radius 2 is 1.84 bits per heavy atom. The fourth-order valence-electron chi connectivity index (χ4n) is 3.42. The number of hydrogen-bond acceptors (Lipinski definition) is 4. The van der Waals surface area contributed by atoms with Gasteiger partial charge in [0.25, 0.3) is 0 Å². The minimum absolute atomic E-state index is 0.0992. The molecule has 0 aliphatic rings. The highest BCUT2D eigenvalue weighted by molar-refractivity contribution is 5.94. The first-order valence-corrected chi connectivity index (χ1v) is 10.2. The predicted molar refractivity (Wildman–Crippen MR) is 116 cm³/mol. The molecule has 1 amide bonds. The van der Waals surface area contributed by atoms with Gasteiger partial charge in [-0.25, -0.2) is 9.37 Å². The normalized spacial score (nSPS) is 11.3. The van der Waals surface area contributed by atoms with E-state index in [0.29, 0.717) is 35.5 Å². The van der Waals surface area contributed by atoms with E-state index < -0.39 is 11.4 Å². The molecule has 0 atom stereocenters. The summed E-state index contributed by atoms with van der Waals surface area (Å²) < 4.78 is 19.2. The largest absolute Gasteiger partial charge is 0.487 e. The van der Waals surface area contributed by atoms with Crippen molar-refractivity contribution < 1.29 is 23.8 Å². The second-order valence-corrected chi connectivity index (χ2v) is 7.47. The maximum atomic E-state index is 13.4. The van der Waals surface area contributed by atoms with Crippen molar-refractivity contribution in [1.29, 1.82) is 0 Å². The van der Waals surface area contributed by atoms with Crippen LogP contribution in [0.15, 0.2) is 54.6 Å². The molecule has 0 unspecified atom stereocenters. The Balaban J connectivity index is 1.65. The third kappa shape index (κ3) is 5.36. The zero-order valence-corrected chi connectivity index (χ0v) is 17.5. The Hall–Kier alpha value is -3.48. The molecule has 1 heterocycles. The smallest absolute Gasteiger partial charge is 0.310 e. The average Bonchev–Trinajstić information content (AvgIpc) is 2.75. The number of ether oxygens (including phenoxy) is 1. The van der Waals surface area contributed by atoms with Crippen LogP contribution in [-0.4, -0.2) is 22.0 Å². The lowest BCUT2D eigenvalue weighted by atomic mass is 9.79. The minimum atomic E-state index is -1.07. The highest BCUT2D eigenvalue weighted by Crippen LogP contribution is 2.31. The molecule has 1 aromatic heterocycles. The number of hydrogen-bond donors (Lipinski definition) is 2. The molecule has 6 nitrogen and oxygen atoms in total. The van der Waals surface area contributed by atoms with Crippen LogP contribution in [0.5, 0.6) is 5.75 Å². The van der Waals surface area contributed by atoms with Gasteiger partial charge < -0.3 is 15.2 Å². The van der Waals surface area contributed by atoms with Gasteiger partial charge in [-0.3, -0.25) is 9.59 Å². The first-order chi connectivity index (χ1) is 14.8. The molecule has 0 fully saturated rings. The van der Waals surface area contributed by atoms with Gasteiger partial charge in [0.2, 0.25) is 5.91 Å². The standard InChI is InChI=1S/C24H25FN2O4/c1-3-24(4-2,23(29)30)14-22(28)27-18-6-5-7-20(13-18)31-15-19-11-9-16-8-10-17(25)12-21(16)26-19/h5-13H,3-4,14-15H2,1-2H3,(H,27,28)(H,29,30). The Bertz CT molecular complexity index is 1100. The molecule has 3 rings (SSSR count). The fourth-order valence-corrected chi connectivity index (χ4v) is 3.42. The summed E-state index contributed by atoms with van der Waals surface area (Å²) in [6.45, 7) is 3.72. The van der Waals surface area contributed by atoms with Crippen LogP contribution < -0.4 is 10.1 Å². The van der Waals surface area contributed by atoms with Crippen molar-refractivity contribution >= 4 is 28.5 Å². The number of carboxylic acids is 1. The summed E-state index contributed by atoms with van der Waals surface area (Å²) in [4.78, 5) is 28.5. The van der Waals surface area contributed by atoms with Crippen LogP contribution in [0.25, 0.3) is 10.9 Å². The molecule has 162 valence electrons. The number of aliphatic carboxylic acids is 1. The van der Waals surface area contributed by atoms with E-state index in [0.717, 1.165) is 5.39 Å². The average molecular weight is 424 g/mol. The minimum Gasteiger partial charge on any atom is -0.487 e. The highest BCUT2D eigenvalue weighted by Gasteiger charge is 2.37. The lowest BCUT2D eigenvalue weighted by Gasteiger charge is -2.25. The second-order valence-electron chi connectivity index (χ2n) is 7.47. The molecule has 0 spiro atoms. The summed E-state index contributed by atoms with van der Waals surface area (Å²) in [5.41, 5.74) is 0.641. The van der Waals surface area contributed by atoms with Gasteiger partial charge in [-0.2, -0.15) is 0 Å². The molecule has 31 heavy (non-hydrogen) atoms. The summed E-state index contributed by atoms with van der Waals surface area (Å²) in [7, 11) is 0. The molecule has 2 aromatic carbocycles. The van der Waals surface area contributed by atoms with E-state index in [1.807, 2.05) is 12.1 Å². The number of rotatable bonds is 9. The van der Waals surface area contributed by atoms with Crippen molar-refractivity contribution in [2.75, 3.05) is 5.32 Å². The van der Waals surface area contributed by atoms with Gasteiger partial charge in [0.05, 0.1) is 16.6 Å². The maximum absolute atomic E-state index is 13.4. The Labute approximate surface area is 180 Å². The number of benzene rings is 2. The molecule has 0 aliphatic carbocycles. The number of halogens is 1. The van der Waals surface area contributed by atoms with E-state index >= 15 is 0 Å². The number of anilines is 1. The summed E-state index contributed by atoms with van der Waals surface area (Å²) in [5.74, 6) is -1.15. The first kappa shape index (κ1) is 22.2. The summed E-state index contributed by atoms with van der Waals surface area (Å²) in [6.07, 6.45) is 0.647. The van der Waals surface area contributed by atoms with Crippen LogP contribution in [0.1, 0.15) is 38.8 Å². The summed E-state index contributed by atoms with van der Waals surface area (Å²) in [5, 5.41) is 13.1. The topological polar surface area (TPSA) is 88.5 Å². The Morgan fingerprint density at radius 1 is 1.10 bits per heavy atom. The molecule has 2 N–H and O–H groups in total. The third-order valence-electron chi connectivity index (χ3n) is 5.52. The van der Waals surface area contributed by atoms with E-state index in [-0.39, 0.29) is 24.8 Å². The van der Waals surface area contributed by atoms with Crippen LogP contribution >= 0.6 is 0 Å². The number of carboxylic acid groups (broad SMARTS) is 1. The molecule has 0 aliphatic heterocycles. The molecule has 0 radical (unpaired) electrons. The number of fused-ring (bicyclic) bond motifs is 1. The van der Waals surface area contributed by atoms with Crippen molar-refractivity contribution in [2.45, 2.75) is 39.7 Å². The van der Waals surface area contributed by atoms with Gasteiger partial charge >= 0.3 is 5.97 Å². The van der Waals surface area contributed by atoms with Crippen LogP contribution in [0.4, 0.5) is 10.1 Å². The van der Waals surface area contributed by atoms with Gasteiger partial charge in [0.1, 0.15) is 18.2 Å². The molecule has 0 bridgehead atoms. The quantitative estimate of drug-likeness (QED) is 0.495. The van der Waals surface area contributed by atoms with Crippen molar-refractivity contribution in [2.24, 2.45) is 5.41 Å². The summed E-state index contributed by atoms with van der Waals surface area (Å²) >= 11 is 0. The molecular formula is C24H25FN2O4. The van der Waals surface area contributed by atoms with Gasteiger partial charge in [-0.15, -0.1) is 0 Å². The highest BCUT2D eigenvalue weighted by atomic mass is 19.1. The zero-order chi connectivity index (χ0) is 22.4. The number of carbonyl (C=O) groups excluding carboxylic acids is 1. The number of pyridine rings is 1. The van der Waals surface area contributed by atoms with E-state index in [1.54, 1.807) is 44.2 Å². The molecule has 0 saturated carbocycles. The van der Waals surface area contributed by atoms with Crippen LogP contribution in [0.2, 0.25) is 0 Å². The van der Waals surface area contributed by atoms with Crippen LogP contribution in [0, 0.1) is 11.2 Å². The van der Waals surface area contributed by atoms with Crippen molar-refractivity contribution in [3.8, 4) is 5.75 Å². The van der Waals surface area contributed by atoms with E-state index in [2.05, 4.69) is 10.3 Å². The Morgan fingerprint density at radius 3 is 2.55 bits per heavy atom. The van der Waals surface area contributed by atoms with E-state index in [9.17, 15) is 19.1 Å². The molecule has 7 heteroatoms. The van der Waals surface area contributed by atoms with Crippen molar-refractivity contribution in [3.63, 3.8) is 0 Å². The monoisotopic (exact) mass is 424 g/mol. The van der Waals surface area contributed by atoms with Gasteiger partial charge in [-0.05, 0) is 43.2 Å². The number of aromatic nitrogens is 1. The third-order valence-corrected chi connectivity index (χ3v) is 5.52. The maximum Gasteiger partial charge on any atom is 0.310 e. The second kappa shape index (κ2) is 9.55. The molecular weight excluding hydrogens is 399 g/mol. The fraction of sp³-hybridized carbons (Fsp3) is 0.292. The predicted octanol–water partition coefficient (Wildman–Crippen LogP) is 5.17. The Kier molecular flexibility index (Phi) is 6.84. The van der Waals surface area contributed by atoms with E-state index in [4.69, 9.17) is 4.74 Å². The van der Waals surface area contributed by atoms with E-state index in [1.165, 1.54) is 12.1 Å². The lowest BCUT2D eigenvalue weighted by molar-refractivity contribution is -0.151. The zero-order valence-electron chi connectivity index (χ0n) is 17.5. The van der Waals surface area contributed by atoms with Gasteiger partial charge in [-0.1, -0.05) is 26.0 Å². The molecule has 0 saturated heterocycles. The van der Waals surface area contributed by atoms with Crippen molar-refractivity contribution in [1.82, 2.24) is 4.98 Å². The SMILES string of the molecule is CCC(CC)(CC(=O)Nc1cccc(OCc2ccc3ccc(F)cc3n2)c1)C(=O)O. The number of carbonyl (C=O) groups is 2. The van der Waals surface area contributed by atoms with Crippen molar-refractivity contribution in [3.05, 3.63) is 66.1 Å².